The van der Waals surface area contributed by atoms with Crippen LogP contribution in [0.4, 0.5) is 21.9 Å². The highest BCUT2D eigenvalue weighted by Gasteiger charge is 2.12. The van der Waals surface area contributed by atoms with Crippen molar-refractivity contribution in [2.75, 3.05) is 10.6 Å². The quantitative estimate of drug-likeness (QED) is 0.846. The average molecular weight is 279 g/mol. The van der Waals surface area contributed by atoms with Gasteiger partial charge >= 0.3 is 6.03 Å². The molecule has 1 heterocycles. The first-order valence-corrected chi connectivity index (χ1v) is 6.92. The summed E-state index contributed by atoms with van der Waals surface area (Å²) in [5, 5.41) is 5.69. The van der Waals surface area contributed by atoms with Gasteiger partial charge in [0.05, 0.1) is 5.69 Å². The van der Waals surface area contributed by atoms with Crippen LogP contribution in [0.25, 0.3) is 0 Å². The minimum atomic E-state index is -0.247. The molecule has 0 fully saturated rings. The molecule has 3 rings (SSSR count). The van der Waals surface area contributed by atoms with E-state index in [-0.39, 0.29) is 6.03 Å². The highest BCUT2D eigenvalue weighted by molar-refractivity contribution is 6.01. The smallest absolute Gasteiger partial charge is 0.308 e. The van der Waals surface area contributed by atoms with Crippen molar-refractivity contribution in [2.24, 2.45) is 4.99 Å². The fourth-order valence-electron chi connectivity index (χ4n) is 2.41. The van der Waals surface area contributed by atoms with Crippen LogP contribution in [0.2, 0.25) is 0 Å². The number of carbonyl (C=O) groups excluding carboxylic acids is 1. The van der Waals surface area contributed by atoms with Gasteiger partial charge in [-0.2, -0.15) is 0 Å². The third-order valence-corrected chi connectivity index (χ3v) is 3.49. The van der Waals surface area contributed by atoms with Gasteiger partial charge in [-0.1, -0.05) is 24.3 Å². The standard InChI is InChI=1S/C17H17N3O/c1-11-5-3-4-6-15(11)20-17(21)19-14-8-7-13-9-12(2)18-16(13)10-14/h3-8,10H,9H2,1-2H3,(H2,19,20,21). The van der Waals surface area contributed by atoms with Gasteiger partial charge < -0.3 is 10.6 Å². The van der Waals surface area contributed by atoms with E-state index in [0.717, 1.165) is 34.8 Å². The van der Waals surface area contributed by atoms with Crippen LogP contribution in [0.3, 0.4) is 0 Å². The number of hydrogen-bond acceptors (Lipinski definition) is 2. The molecule has 0 saturated heterocycles. The van der Waals surface area contributed by atoms with E-state index in [9.17, 15) is 4.79 Å². The molecule has 1 aliphatic rings. The first kappa shape index (κ1) is 13.4. The molecule has 106 valence electrons. The van der Waals surface area contributed by atoms with E-state index in [1.54, 1.807) is 0 Å². The van der Waals surface area contributed by atoms with Crippen molar-refractivity contribution in [1.29, 1.82) is 0 Å². The normalized spacial score (nSPS) is 12.6. The van der Waals surface area contributed by atoms with Gasteiger partial charge in [0.15, 0.2) is 0 Å². The zero-order valence-corrected chi connectivity index (χ0v) is 12.1. The van der Waals surface area contributed by atoms with Crippen LogP contribution in [0.5, 0.6) is 0 Å². The zero-order chi connectivity index (χ0) is 14.8. The third-order valence-electron chi connectivity index (χ3n) is 3.49. The van der Waals surface area contributed by atoms with Crippen LogP contribution in [0, 0.1) is 6.92 Å². The Labute approximate surface area is 123 Å². The summed E-state index contributed by atoms with van der Waals surface area (Å²) in [4.78, 5) is 16.5. The minimum Gasteiger partial charge on any atom is -0.308 e. The molecule has 0 radical (unpaired) electrons. The number of rotatable bonds is 2. The van der Waals surface area contributed by atoms with E-state index in [1.165, 1.54) is 5.56 Å². The molecule has 4 heteroatoms. The molecule has 0 bridgehead atoms. The van der Waals surface area contributed by atoms with Crippen LogP contribution in [-0.2, 0) is 6.42 Å². The molecule has 0 aliphatic carbocycles. The summed E-state index contributed by atoms with van der Waals surface area (Å²) >= 11 is 0. The highest BCUT2D eigenvalue weighted by Crippen LogP contribution is 2.29. The van der Waals surface area contributed by atoms with Crippen LogP contribution in [0.15, 0.2) is 47.5 Å². The molecule has 1 aliphatic heterocycles. The summed E-state index contributed by atoms with van der Waals surface area (Å²) in [7, 11) is 0. The molecular weight excluding hydrogens is 262 g/mol. The number of amides is 2. The molecule has 4 nitrogen and oxygen atoms in total. The van der Waals surface area contributed by atoms with Crippen molar-refractivity contribution in [3.63, 3.8) is 0 Å². The third kappa shape index (κ3) is 2.94. The number of aliphatic imine (C=N–C) groups is 1. The topological polar surface area (TPSA) is 53.5 Å². The van der Waals surface area contributed by atoms with Crippen molar-refractivity contribution < 1.29 is 4.79 Å². The lowest BCUT2D eigenvalue weighted by Gasteiger charge is -2.10. The Kier molecular flexibility index (Phi) is 3.44. The van der Waals surface area contributed by atoms with Crippen molar-refractivity contribution in [1.82, 2.24) is 0 Å². The first-order chi connectivity index (χ1) is 10.1. The summed E-state index contributed by atoms with van der Waals surface area (Å²) in [6, 6.07) is 13.3. The lowest BCUT2D eigenvalue weighted by atomic mass is 10.1. The second-order valence-corrected chi connectivity index (χ2v) is 5.26. The largest absolute Gasteiger partial charge is 0.323 e. The highest BCUT2D eigenvalue weighted by atomic mass is 16.2. The second kappa shape index (κ2) is 5.40. The Morgan fingerprint density at radius 1 is 1.10 bits per heavy atom. The maximum Gasteiger partial charge on any atom is 0.323 e. The number of para-hydroxylation sites is 1. The molecule has 0 saturated carbocycles. The van der Waals surface area contributed by atoms with Gasteiger partial charge in [-0.3, -0.25) is 4.99 Å². The summed E-state index contributed by atoms with van der Waals surface area (Å²) in [5.41, 5.74) is 5.84. The fourth-order valence-corrected chi connectivity index (χ4v) is 2.41. The Hall–Kier alpha value is -2.62. The number of fused-ring (bicyclic) bond motifs is 1. The van der Waals surface area contributed by atoms with Crippen molar-refractivity contribution in [2.45, 2.75) is 20.3 Å². The van der Waals surface area contributed by atoms with E-state index in [0.29, 0.717) is 0 Å². The summed E-state index contributed by atoms with van der Waals surface area (Å²) < 4.78 is 0. The van der Waals surface area contributed by atoms with Gasteiger partial charge in [-0.25, -0.2) is 4.79 Å². The Balaban J connectivity index is 1.71. The average Bonchev–Trinajstić information content (AvgIpc) is 2.80. The number of aryl methyl sites for hydroxylation is 1. The molecule has 2 aromatic carbocycles. The predicted octanol–water partition coefficient (Wildman–Crippen LogP) is 4.29. The van der Waals surface area contributed by atoms with Gasteiger partial charge in [0.1, 0.15) is 0 Å². The molecule has 2 N–H and O–H groups in total. The molecule has 21 heavy (non-hydrogen) atoms. The number of hydrogen-bond donors (Lipinski definition) is 2. The molecule has 0 atom stereocenters. The summed E-state index contributed by atoms with van der Waals surface area (Å²) in [5.74, 6) is 0. The molecule has 2 amide bonds. The number of nitrogens with one attached hydrogen (secondary N) is 2. The van der Waals surface area contributed by atoms with Crippen LogP contribution >= 0.6 is 0 Å². The van der Waals surface area contributed by atoms with Gasteiger partial charge in [0.25, 0.3) is 0 Å². The zero-order valence-electron chi connectivity index (χ0n) is 12.1. The Morgan fingerprint density at radius 3 is 2.71 bits per heavy atom. The molecular formula is C17H17N3O. The Morgan fingerprint density at radius 2 is 1.90 bits per heavy atom. The van der Waals surface area contributed by atoms with Crippen LogP contribution in [-0.4, -0.2) is 11.7 Å². The summed E-state index contributed by atoms with van der Waals surface area (Å²) in [6.45, 7) is 3.97. The fraction of sp³-hybridized carbons (Fsp3) is 0.176. The van der Waals surface area contributed by atoms with E-state index >= 15 is 0 Å². The van der Waals surface area contributed by atoms with E-state index in [2.05, 4.69) is 15.6 Å². The van der Waals surface area contributed by atoms with E-state index in [1.807, 2.05) is 56.3 Å². The maximum absolute atomic E-state index is 12.0. The van der Waals surface area contributed by atoms with Crippen molar-refractivity contribution in [3.05, 3.63) is 53.6 Å². The van der Waals surface area contributed by atoms with E-state index in [4.69, 9.17) is 0 Å². The summed E-state index contributed by atoms with van der Waals surface area (Å²) in [6.07, 6.45) is 0.894. The van der Waals surface area contributed by atoms with Crippen molar-refractivity contribution >= 4 is 28.8 Å². The number of nitrogens with zero attached hydrogens (tertiary/aromatic N) is 1. The maximum atomic E-state index is 12.0. The SMILES string of the molecule is CC1=Nc2cc(NC(=O)Nc3ccccc3C)ccc2C1. The van der Waals surface area contributed by atoms with Gasteiger partial charge in [-0.05, 0) is 43.2 Å². The van der Waals surface area contributed by atoms with Crippen LogP contribution in [0.1, 0.15) is 18.1 Å². The number of carbonyl (C=O) groups is 1. The van der Waals surface area contributed by atoms with Gasteiger partial charge in [0, 0.05) is 23.5 Å². The lowest BCUT2D eigenvalue weighted by Crippen LogP contribution is -2.19. The van der Waals surface area contributed by atoms with Gasteiger partial charge in [-0.15, -0.1) is 0 Å². The van der Waals surface area contributed by atoms with E-state index < -0.39 is 0 Å². The van der Waals surface area contributed by atoms with Crippen LogP contribution < -0.4 is 10.6 Å². The lowest BCUT2D eigenvalue weighted by molar-refractivity contribution is 0.262. The predicted molar refractivity (Wildman–Crippen MR) is 86.7 cm³/mol. The molecule has 0 aromatic heterocycles. The minimum absolute atomic E-state index is 0.247. The number of urea groups is 1. The monoisotopic (exact) mass is 279 g/mol. The number of anilines is 2. The van der Waals surface area contributed by atoms with Crippen molar-refractivity contribution in [3.8, 4) is 0 Å². The molecule has 0 spiro atoms. The second-order valence-electron chi connectivity index (χ2n) is 5.26. The van der Waals surface area contributed by atoms with Gasteiger partial charge in [0.2, 0.25) is 0 Å². The first-order valence-electron chi connectivity index (χ1n) is 6.92. The molecule has 0 unspecified atom stereocenters. The molecule has 2 aromatic rings. The Bertz CT molecular complexity index is 735. The number of benzene rings is 2.